The van der Waals surface area contributed by atoms with Crippen LogP contribution in [0.4, 0.5) is 0 Å². The van der Waals surface area contributed by atoms with Crippen LogP contribution in [0.25, 0.3) is 0 Å². The molecule has 3 amide bonds. The fraction of sp³-hybridized carbons (Fsp3) is 0.450. The van der Waals surface area contributed by atoms with E-state index in [2.05, 4.69) is 17.5 Å². The lowest BCUT2D eigenvalue weighted by Crippen LogP contribution is -2.50. The van der Waals surface area contributed by atoms with Crippen molar-refractivity contribution in [2.45, 2.75) is 25.3 Å². The minimum absolute atomic E-state index is 0.138. The highest BCUT2D eigenvalue weighted by Crippen LogP contribution is 2.50. The highest BCUT2D eigenvalue weighted by atomic mass is 16.2. The first kappa shape index (κ1) is 16.1. The highest BCUT2D eigenvalue weighted by molar-refractivity contribution is 6.09. The van der Waals surface area contributed by atoms with E-state index in [0.717, 1.165) is 18.4 Å². The van der Waals surface area contributed by atoms with E-state index < -0.39 is 6.04 Å². The van der Waals surface area contributed by atoms with Crippen LogP contribution in [-0.2, 0) is 20.8 Å². The normalized spacial score (nSPS) is 31.2. The third-order valence-corrected chi connectivity index (χ3v) is 5.93. The summed E-state index contributed by atoms with van der Waals surface area (Å²) in [6.45, 7) is 0. The van der Waals surface area contributed by atoms with E-state index in [1.807, 2.05) is 30.3 Å². The van der Waals surface area contributed by atoms with Crippen LogP contribution in [0.1, 0.15) is 18.4 Å². The van der Waals surface area contributed by atoms with Crippen LogP contribution in [0.3, 0.4) is 0 Å². The van der Waals surface area contributed by atoms with E-state index in [4.69, 9.17) is 0 Å². The number of likely N-dealkylation sites (N-methyl/N-ethyl adjacent to an activating group) is 1. The van der Waals surface area contributed by atoms with Crippen molar-refractivity contribution < 1.29 is 14.4 Å². The fourth-order valence-corrected chi connectivity index (χ4v) is 4.71. The van der Waals surface area contributed by atoms with E-state index >= 15 is 0 Å². The molecular weight excluding hydrogens is 316 g/mol. The van der Waals surface area contributed by atoms with Gasteiger partial charge in [0.2, 0.25) is 17.7 Å². The summed E-state index contributed by atoms with van der Waals surface area (Å²) in [5, 5.41) is 2.62. The van der Waals surface area contributed by atoms with Crippen LogP contribution in [-0.4, -0.2) is 35.7 Å². The Morgan fingerprint density at radius 1 is 1.08 bits per heavy atom. The second-order valence-corrected chi connectivity index (χ2v) is 7.21. The lowest BCUT2D eigenvalue weighted by atomic mass is 9.63. The molecule has 1 saturated carbocycles. The summed E-state index contributed by atoms with van der Waals surface area (Å²) in [6, 6.07) is 8.75. The smallest absolute Gasteiger partial charge is 0.243 e. The summed E-state index contributed by atoms with van der Waals surface area (Å²) < 4.78 is 0. The number of carbonyl (C=O) groups is 3. The van der Waals surface area contributed by atoms with Crippen molar-refractivity contribution in [1.82, 2.24) is 10.2 Å². The number of amides is 3. The number of hydrogen-bond acceptors (Lipinski definition) is 3. The maximum atomic E-state index is 13.1. The summed E-state index contributed by atoms with van der Waals surface area (Å²) in [5.41, 5.74) is 0.938. The van der Waals surface area contributed by atoms with E-state index in [1.54, 1.807) is 7.05 Å². The summed E-state index contributed by atoms with van der Waals surface area (Å²) in [4.78, 5) is 39.9. The molecule has 1 N–H and O–H groups in total. The summed E-state index contributed by atoms with van der Waals surface area (Å²) >= 11 is 0. The van der Waals surface area contributed by atoms with Crippen molar-refractivity contribution in [3.05, 3.63) is 48.0 Å². The zero-order chi connectivity index (χ0) is 17.6. The monoisotopic (exact) mass is 338 g/mol. The van der Waals surface area contributed by atoms with E-state index in [9.17, 15) is 14.4 Å². The highest BCUT2D eigenvalue weighted by Gasteiger charge is 2.58. The number of carbonyl (C=O) groups excluding carboxylic acids is 3. The van der Waals surface area contributed by atoms with Gasteiger partial charge in [-0.25, -0.2) is 0 Å². The van der Waals surface area contributed by atoms with E-state index in [-0.39, 0.29) is 41.4 Å². The van der Waals surface area contributed by atoms with Gasteiger partial charge >= 0.3 is 0 Å². The lowest BCUT2D eigenvalue weighted by Gasteiger charge is -2.38. The summed E-state index contributed by atoms with van der Waals surface area (Å²) in [6.07, 6.45) is 6.45. The topological polar surface area (TPSA) is 66.5 Å². The Hall–Kier alpha value is -2.43. The van der Waals surface area contributed by atoms with Gasteiger partial charge in [-0.15, -0.1) is 0 Å². The molecule has 5 rings (SSSR count). The molecule has 1 saturated heterocycles. The van der Waals surface area contributed by atoms with E-state index in [1.165, 1.54) is 4.90 Å². The summed E-state index contributed by atoms with van der Waals surface area (Å²) in [5.74, 6) is -0.906. The molecule has 1 aliphatic heterocycles. The van der Waals surface area contributed by atoms with Crippen LogP contribution in [0.15, 0.2) is 42.5 Å². The molecule has 5 nitrogen and oxygen atoms in total. The molecule has 2 bridgehead atoms. The predicted molar refractivity (Wildman–Crippen MR) is 92.2 cm³/mol. The lowest BCUT2D eigenvalue weighted by molar-refractivity contribution is -0.148. The Labute approximate surface area is 147 Å². The number of likely N-dealkylation sites (tertiary alicyclic amines) is 1. The molecule has 1 aromatic rings. The van der Waals surface area contributed by atoms with Gasteiger partial charge in [0.15, 0.2) is 0 Å². The number of hydrogen-bond donors (Lipinski definition) is 1. The Kier molecular flexibility index (Phi) is 3.94. The molecule has 5 heteroatoms. The quantitative estimate of drug-likeness (QED) is 0.669. The van der Waals surface area contributed by atoms with E-state index in [0.29, 0.717) is 6.42 Å². The Bertz CT molecular complexity index is 711. The molecule has 0 aromatic heterocycles. The molecule has 3 aliphatic carbocycles. The van der Waals surface area contributed by atoms with Crippen LogP contribution >= 0.6 is 0 Å². The zero-order valence-electron chi connectivity index (χ0n) is 14.2. The van der Waals surface area contributed by atoms with Gasteiger partial charge in [-0.1, -0.05) is 42.5 Å². The molecule has 130 valence electrons. The van der Waals surface area contributed by atoms with Crippen molar-refractivity contribution in [3.8, 4) is 0 Å². The van der Waals surface area contributed by atoms with Crippen molar-refractivity contribution in [2.24, 2.45) is 23.7 Å². The third kappa shape index (κ3) is 2.49. The van der Waals surface area contributed by atoms with Gasteiger partial charge in [-0.3, -0.25) is 19.3 Å². The maximum Gasteiger partial charge on any atom is 0.243 e. The summed E-state index contributed by atoms with van der Waals surface area (Å²) in [7, 11) is 1.55. The molecule has 1 heterocycles. The average Bonchev–Trinajstić information content (AvgIpc) is 2.94. The van der Waals surface area contributed by atoms with Gasteiger partial charge in [0.25, 0.3) is 0 Å². The van der Waals surface area contributed by atoms with Gasteiger partial charge < -0.3 is 5.32 Å². The average molecular weight is 338 g/mol. The van der Waals surface area contributed by atoms with Crippen LogP contribution in [0.2, 0.25) is 0 Å². The first-order valence-corrected chi connectivity index (χ1v) is 8.92. The number of imide groups is 1. The number of fused-ring (bicyclic) bond motifs is 1. The van der Waals surface area contributed by atoms with Gasteiger partial charge in [-0.05, 0) is 30.2 Å². The van der Waals surface area contributed by atoms with Gasteiger partial charge in [-0.2, -0.15) is 0 Å². The third-order valence-electron chi connectivity index (χ3n) is 5.93. The van der Waals surface area contributed by atoms with Crippen molar-refractivity contribution in [1.29, 1.82) is 0 Å². The van der Waals surface area contributed by atoms with Crippen molar-refractivity contribution in [3.63, 3.8) is 0 Å². The standard InChI is InChI=1S/C20H22N2O3/c1-21-18(23)15(11-12-5-3-2-4-6-12)22-19(24)16-13-7-8-14(10-9-13)17(16)20(22)25/h2-8,13-17H,9-11H2,1H3,(H,21,23)/t13-,14-,15+,16-,17+/m0/s1. The first-order chi connectivity index (χ1) is 12.1. The number of rotatable bonds is 4. The minimum atomic E-state index is -0.780. The number of allylic oxidation sites excluding steroid dienone is 2. The molecule has 0 spiro atoms. The maximum absolute atomic E-state index is 13.1. The van der Waals surface area contributed by atoms with Gasteiger partial charge in [0.1, 0.15) is 6.04 Å². The predicted octanol–water partition coefficient (Wildman–Crippen LogP) is 1.54. The fourth-order valence-electron chi connectivity index (χ4n) is 4.71. The number of benzene rings is 1. The molecule has 0 unspecified atom stereocenters. The SMILES string of the molecule is CNC(=O)[C@@H](Cc1ccccc1)N1C(=O)[C@@H]2[C@H](C1=O)[C@H]1C=C[C@H]2CC1. The molecule has 2 fully saturated rings. The molecular formula is C20H22N2O3. The largest absolute Gasteiger partial charge is 0.357 e. The Balaban J connectivity index is 1.67. The molecule has 25 heavy (non-hydrogen) atoms. The molecule has 5 atom stereocenters. The first-order valence-electron chi connectivity index (χ1n) is 8.92. The zero-order valence-corrected chi connectivity index (χ0v) is 14.2. The molecule has 0 radical (unpaired) electrons. The van der Waals surface area contributed by atoms with Gasteiger partial charge in [0, 0.05) is 13.5 Å². The van der Waals surface area contributed by atoms with Crippen LogP contribution in [0.5, 0.6) is 0 Å². The second-order valence-electron chi connectivity index (χ2n) is 7.21. The Morgan fingerprint density at radius 2 is 1.64 bits per heavy atom. The van der Waals surface area contributed by atoms with Crippen LogP contribution < -0.4 is 5.32 Å². The number of nitrogens with one attached hydrogen (secondary N) is 1. The second kappa shape index (κ2) is 6.14. The van der Waals surface area contributed by atoms with Crippen molar-refractivity contribution >= 4 is 17.7 Å². The molecule has 1 aromatic carbocycles. The number of nitrogens with zero attached hydrogens (tertiary/aromatic N) is 1. The van der Waals surface area contributed by atoms with Crippen LogP contribution in [0, 0.1) is 23.7 Å². The van der Waals surface area contributed by atoms with Crippen molar-refractivity contribution in [2.75, 3.05) is 7.05 Å². The Morgan fingerprint density at radius 3 is 2.12 bits per heavy atom. The minimum Gasteiger partial charge on any atom is -0.357 e. The molecule has 4 aliphatic rings. The van der Waals surface area contributed by atoms with Gasteiger partial charge in [0.05, 0.1) is 11.8 Å².